The van der Waals surface area contributed by atoms with Gasteiger partial charge in [0.05, 0.1) is 6.42 Å². The van der Waals surface area contributed by atoms with Gasteiger partial charge in [-0.1, -0.05) is 120 Å². The molecule has 3 aromatic carbocycles. The molecule has 7 nitrogen and oxygen atoms in total. The normalized spacial score (nSPS) is 22.5. The van der Waals surface area contributed by atoms with Crippen LogP contribution in [-0.2, 0) is 30.3 Å². The van der Waals surface area contributed by atoms with E-state index in [0.29, 0.717) is 11.3 Å². The summed E-state index contributed by atoms with van der Waals surface area (Å²) in [6, 6.07) is 27.4. The summed E-state index contributed by atoms with van der Waals surface area (Å²) in [7, 11) is 0. The lowest BCUT2D eigenvalue weighted by molar-refractivity contribution is -0.154. The van der Waals surface area contributed by atoms with Gasteiger partial charge < -0.3 is 14.8 Å². The van der Waals surface area contributed by atoms with E-state index in [1.807, 2.05) is 91.0 Å². The molecule has 0 aliphatic carbocycles. The number of carbonyl (C=O) groups is 3. The molecule has 2 amide bonds. The van der Waals surface area contributed by atoms with Crippen LogP contribution in [0.2, 0.25) is 0 Å². The lowest BCUT2D eigenvalue weighted by atomic mass is 10.00. The molecule has 3 unspecified atom stereocenters. The Hall–Kier alpha value is -3.56. The third kappa shape index (κ3) is 5.99. The van der Waals surface area contributed by atoms with Crippen molar-refractivity contribution in [3.63, 3.8) is 0 Å². The van der Waals surface area contributed by atoms with E-state index < -0.39 is 34.1 Å². The number of nitrogens with one attached hydrogen (secondary N) is 1. The van der Waals surface area contributed by atoms with Crippen molar-refractivity contribution in [3.05, 3.63) is 131 Å². The fraction of sp³-hybridized carbons (Fsp3) is 0.219. The van der Waals surface area contributed by atoms with Crippen LogP contribution in [0.25, 0.3) is 0 Å². The molecule has 2 fully saturated rings. The maximum absolute atomic E-state index is 14.0. The number of rotatable bonds is 9. The van der Waals surface area contributed by atoms with Gasteiger partial charge >= 0.3 is 5.97 Å². The average Bonchev–Trinajstić information content (AvgIpc) is 3.64. The number of fused-ring (bicyclic) bond motifs is 1. The van der Waals surface area contributed by atoms with E-state index in [0.717, 1.165) is 16.7 Å². The van der Waals surface area contributed by atoms with Gasteiger partial charge in [-0.15, -0.1) is 11.8 Å². The number of ether oxygens (including phenoxy) is 2. The molecular formula is C32H26Cl2N2O5S. The number of halogens is 2. The van der Waals surface area contributed by atoms with Crippen molar-refractivity contribution in [1.29, 1.82) is 0 Å². The number of hydrogen-bond acceptors (Lipinski definition) is 6. The first kappa shape index (κ1) is 28.6. The Morgan fingerprint density at radius 1 is 1.00 bits per heavy atom. The highest BCUT2D eigenvalue weighted by Crippen LogP contribution is 2.46. The van der Waals surface area contributed by atoms with E-state index in [1.54, 1.807) is 12.2 Å². The molecule has 42 heavy (non-hydrogen) atoms. The number of alkyl halides is 2. The standard InChI is InChI=1S/C32H26Cl2N2O5S/c33-32(34)24(41-32)17-16-23-19-42-30-26(35-25(37)18-20-10-4-1-5-11-20)29(38)36(30)27(23)31(39)40-28(21-12-6-2-7-13-21)22-14-8-3-9-15-22/h1-17,24,26,28,30H,18-19H2,(H,35,37). The monoisotopic (exact) mass is 620 g/mol. The van der Waals surface area contributed by atoms with Gasteiger partial charge in [-0.05, 0) is 28.3 Å². The van der Waals surface area contributed by atoms with E-state index in [-0.39, 0.29) is 23.9 Å². The van der Waals surface area contributed by atoms with Crippen LogP contribution in [0.3, 0.4) is 0 Å². The molecule has 3 heterocycles. The van der Waals surface area contributed by atoms with Crippen LogP contribution in [0, 0.1) is 0 Å². The number of carbonyl (C=O) groups excluding carboxylic acids is 3. The van der Waals surface area contributed by atoms with E-state index in [2.05, 4.69) is 5.32 Å². The predicted octanol–water partition coefficient (Wildman–Crippen LogP) is 5.30. The van der Waals surface area contributed by atoms with Gasteiger partial charge in [0.15, 0.2) is 6.10 Å². The van der Waals surface area contributed by atoms with Crippen molar-refractivity contribution in [2.24, 2.45) is 0 Å². The summed E-state index contributed by atoms with van der Waals surface area (Å²) in [5.41, 5.74) is 3.12. The number of β-lactam (4-membered cyclic amide) rings is 1. The zero-order valence-corrected chi connectivity index (χ0v) is 24.5. The smallest absolute Gasteiger partial charge is 0.356 e. The van der Waals surface area contributed by atoms with Crippen LogP contribution in [-0.4, -0.2) is 50.5 Å². The van der Waals surface area contributed by atoms with Gasteiger partial charge in [-0.3, -0.25) is 14.5 Å². The van der Waals surface area contributed by atoms with Crippen molar-refractivity contribution in [1.82, 2.24) is 10.2 Å². The fourth-order valence-corrected chi connectivity index (χ4v) is 6.66. The number of hydrogen-bond donors (Lipinski definition) is 1. The summed E-state index contributed by atoms with van der Waals surface area (Å²) < 4.78 is 10.1. The Balaban J connectivity index is 1.27. The largest absolute Gasteiger partial charge is 0.448 e. The summed E-state index contributed by atoms with van der Waals surface area (Å²) in [6.07, 6.45) is 2.28. The van der Waals surface area contributed by atoms with Crippen molar-refractivity contribution in [2.45, 2.75) is 34.6 Å². The van der Waals surface area contributed by atoms with Gasteiger partial charge in [0.2, 0.25) is 10.4 Å². The minimum Gasteiger partial charge on any atom is -0.448 e. The summed E-state index contributed by atoms with van der Waals surface area (Å²) in [5, 5.41) is 2.40. The zero-order chi connectivity index (χ0) is 29.3. The number of epoxide rings is 1. The highest BCUT2D eigenvalue weighted by atomic mass is 35.5. The minimum absolute atomic E-state index is 0.126. The topological polar surface area (TPSA) is 88.2 Å². The van der Waals surface area contributed by atoms with Crippen LogP contribution in [0.5, 0.6) is 0 Å². The van der Waals surface area contributed by atoms with Crippen molar-refractivity contribution in [2.75, 3.05) is 5.75 Å². The van der Waals surface area contributed by atoms with Crippen LogP contribution in [0.4, 0.5) is 0 Å². The molecule has 1 N–H and O–H groups in total. The minimum atomic E-state index is -1.31. The van der Waals surface area contributed by atoms with Crippen LogP contribution < -0.4 is 5.32 Å². The summed E-state index contributed by atoms with van der Waals surface area (Å²) in [6.45, 7) is 0. The molecule has 3 aromatic rings. The number of nitrogens with zero attached hydrogens (tertiary/aromatic N) is 1. The van der Waals surface area contributed by atoms with E-state index in [1.165, 1.54) is 16.7 Å². The predicted molar refractivity (Wildman–Crippen MR) is 161 cm³/mol. The number of benzene rings is 3. The molecule has 0 spiro atoms. The quantitative estimate of drug-likeness (QED) is 0.151. The summed E-state index contributed by atoms with van der Waals surface area (Å²) >= 11 is 13.5. The molecule has 0 saturated carbocycles. The van der Waals surface area contributed by atoms with E-state index in [4.69, 9.17) is 32.7 Å². The van der Waals surface area contributed by atoms with Crippen molar-refractivity contribution < 1.29 is 23.9 Å². The molecule has 2 saturated heterocycles. The Morgan fingerprint density at radius 2 is 1.57 bits per heavy atom. The SMILES string of the molecule is O=C(Cc1ccccc1)NC1C(=O)N2C(C(=O)OC(c3ccccc3)c3ccccc3)=C(C=CC3OC3(Cl)Cl)CSC12. The first-order valence-electron chi connectivity index (χ1n) is 13.4. The van der Waals surface area contributed by atoms with Crippen LogP contribution >= 0.6 is 35.0 Å². The lowest BCUT2D eigenvalue weighted by Crippen LogP contribution is -2.70. The number of allylic oxidation sites excluding steroid dienone is 1. The van der Waals surface area contributed by atoms with Gasteiger partial charge in [0.1, 0.15) is 23.2 Å². The Kier molecular flexibility index (Phi) is 8.14. The lowest BCUT2D eigenvalue weighted by Gasteiger charge is -2.49. The van der Waals surface area contributed by atoms with Gasteiger partial charge in [0, 0.05) is 5.75 Å². The number of esters is 1. The molecule has 3 atom stereocenters. The third-order valence-electron chi connectivity index (χ3n) is 7.17. The van der Waals surface area contributed by atoms with Crippen molar-refractivity contribution in [3.8, 4) is 0 Å². The number of thioether (sulfide) groups is 1. The Bertz CT molecular complexity index is 1510. The maximum Gasteiger partial charge on any atom is 0.356 e. The molecule has 3 aliphatic rings. The van der Waals surface area contributed by atoms with Gasteiger partial charge in [0.25, 0.3) is 5.91 Å². The second-order valence-corrected chi connectivity index (χ2v) is 12.5. The summed E-state index contributed by atoms with van der Waals surface area (Å²) in [4.78, 5) is 41.7. The summed E-state index contributed by atoms with van der Waals surface area (Å²) in [5.74, 6) is -0.904. The number of amides is 2. The van der Waals surface area contributed by atoms with Crippen LogP contribution in [0.15, 0.2) is 114 Å². The van der Waals surface area contributed by atoms with Gasteiger partial charge in [-0.25, -0.2) is 4.79 Å². The molecule has 0 bridgehead atoms. The second-order valence-electron chi connectivity index (χ2n) is 10.1. The molecule has 10 heteroatoms. The fourth-order valence-electron chi connectivity index (χ4n) is 5.00. The molecule has 214 valence electrons. The maximum atomic E-state index is 14.0. The highest BCUT2D eigenvalue weighted by molar-refractivity contribution is 8.00. The average molecular weight is 622 g/mol. The molecule has 6 rings (SSSR count). The first-order valence-corrected chi connectivity index (χ1v) is 15.2. The Labute approximate surface area is 257 Å². The van der Waals surface area contributed by atoms with Gasteiger partial charge in [-0.2, -0.15) is 0 Å². The third-order valence-corrected chi connectivity index (χ3v) is 9.09. The molecular weight excluding hydrogens is 595 g/mol. The first-order chi connectivity index (χ1) is 20.3. The highest BCUT2D eigenvalue weighted by Gasteiger charge is 2.55. The molecule has 0 aromatic heterocycles. The van der Waals surface area contributed by atoms with E-state index in [9.17, 15) is 14.4 Å². The van der Waals surface area contributed by atoms with Crippen molar-refractivity contribution >= 4 is 52.7 Å². The zero-order valence-electron chi connectivity index (χ0n) is 22.2. The van der Waals surface area contributed by atoms with Crippen LogP contribution in [0.1, 0.15) is 22.8 Å². The van der Waals surface area contributed by atoms with E-state index >= 15 is 0 Å². The Morgan fingerprint density at radius 3 is 2.14 bits per heavy atom. The molecule has 3 aliphatic heterocycles. The molecule has 0 radical (unpaired) electrons. The second kappa shape index (κ2) is 12.0.